The maximum atomic E-state index is 11.9. The van der Waals surface area contributed by atoms with Crippen LogP contribution in [0.25, 0.3) is 11.4 Å². The summed E-state index contributed by atoms with van der Waals surface area (Å²) in [5.74, 6) is 0.273. The van der Waals surface area contributed by atoms with Crippen molar-refractivity contribution >= 4 is 23.8 Å². The Bertz CT molecular complexity index is 794. The Morgan fingerprint density at radius 1 is 1.19 bits per heavy atom. The number of nitrogens with zero attached hydrogens (tertiary/aromatic N) is 3. The topological polar surface area (TPSA) is 86.1 Å². The van der Waals surface area contributed by atoms with Crippen molar-refractivity contribution in [2.75, 3.05) is 7.11 Å². The van der Waals surface area contributed by atoms with Gasteiger partial charge in [0, 0.05) is 12.6 Å². The molecular weight excluding hydrogens is 352 g/mol. The van der Waals surface area contributed by atoms with Crippen LogP contribution in [-0.2, 0) is 22.0 Å². The lowest BCUT2D eigenvalue weighted by Crippen LogP contribution is -2.35. The van der Waals surface area contributed by atoms with Crippen molar-refractivity contribution < 1.29 is 14.3 Å². The third-order valence-corrected chi connectivity index (χ3v) is 5.04. The van der Waals surface area contributed by atoms with Crippen LogP contribution in [0, 0.1) is 0 Å². The van der Waals surface area contributed by atoms with Crippen molar-refractivity contribution in [2.24, 2.45) is 7.05 Å². The average Bonchev–Trinajstić information content (AvgIpc) is 2.94. The third kappa shape index (κ3) is 4.63. The van der Waals surface area contributed by atoms with Gasteiger partial charge >= 0.3 is 6.09 Å². The van der Waals surface area contributed by atoms with Gasteiger partial charge in [-0.25, -0.2) is 4.79 Å². The number of benzene rings is 1. The molecule has 1 aromatic carbocycles. The van der Waals surface area contributed by atoms with Crippen molar-refractivity contribution in [1.82, 2.24) is 20.1 Å². The van der Waals surface area contributed by atoms with E-state index in [0.717, 1.165) is 5.56 Å². The van der Waals surface area contributed by atoms with Crippen LogP contribution in [0.5, 0.6) is 0 Å². The zero-order valence-corrected chi connectivity index (χ0v) is 16.7. The number of imide groups is 1. The molecule has 0 bridgehead atoms. The fourth-order valence-corrected chi connectivity index (χ4v) is 3.07. The summed E-state index contributed by atoms with van der Waals surface area (Å²) in [4.78, 5) is 23.1. The second-order valence-electron chi connectivity index (χ2n) is 6.93. The van der Waals surface area contributed by atoms with Gasteiger partial charge in [0.1, 0.15) is 0 Å². The van der Waals surface area contributed by atoms with E-state index in [9.17, 15) is 9.59 Å². The molecule has 1 aromatic heterocycles. The lowest BCUT2D eigenvalue weighted by molar-refractivity contribution is -0.119. The summed E-state index contributed by atoms with van der Waals surface area (Å²) >= 11 is 1.22. The summed E-state index contributed by atoms with van der Waals surface area (Å²) in [7, 11) is 3.06. The summed E-state index contributed by atoms with van der Waals surface area (Å²) in [5, 5.41) is 10.6. The number of carbonyl (C=O) groups is 2. The summed E-state index contributed by atoms with van der Waals surface area (Å²) < 4.78 is 6.26. The van der Waals surface area contributed by atoms with Gasteiger partial charge in [0.05, 0.1) is 12.4 Å². The van der Waals surface area contributed by atoms with Crippen molar-refractivity contribution in [3.8, 4) is 11.4 Å². The zero-order valence-electron chi connectivity index (χ0n) is 15.9. The minimum atomic E-state index is -0.778. The fraction of sp³-hybridized carbons (Fsp3) is 0.444. The number of hydrogen-bond donors (Lipinski definition) is 1. The molecule has 7 nitrogen and oxygen atoms in total. The number of methoxy groups -OCH3 is 1. The maximum Gasteiger partial charge on any atom is 0.413 e. The number of alkyl carbamates (subject to hydrolysis) is 1. The third-order valence-electron chi connectivity index (χ3n) is 3.91. The first-order chi connectivity index (χ1) is 12.1. The van der Waals surface area contributed by atoms with Crippen molar-refractivity contribution in [3.63, 3.8) is 0 Å². The van der Waals surface area contributed by atoms with Crippen LogP contribution < -0.4 is 5.32 Å². The molecule has 2 rings (SSSR count). The minimum Gasteiger partial charge on any atom is -0.453 e. The highest BCUT2D eigenvalue weighted by atomic mass is 32.2. The lowest BCUT2D eigenvalue weighted by Gasteiger charge is -2.19. The SMILES string of the molecule is COC(=O)NC(=O)[C@H](C)Sc1nnc(-c2ccc(C(C)(C)C)cc2)n1C. The summed E-state index contributed by atoms with van der Waals surface area (Å²) in [6, 6.07) is 8.21. The first kappa shape index (κ1) is 20.0. The van der Waals surface area contributed by atoms with Gasteiger partial charge < -0.3 is 9.30 Å². The molecule has 2 amide bonds. The Morgan fingerprint density at radius 3 is 2.35 bits per heavy atom. The van der Waals surface area contributed by atoms with Gasteiger partial charge in [-0.05, 0) is 17.9 Å². The Hall–Kier alpha value is -2.35. The Balaban J connectivity index is 2.14. The van der Waals surface area contributed by atoms with Crippen LogP contribution in [0.1, 0.15) is 33.3 Å². The molecule has 0 aliphatic heterocycles. The van der Waals surface area contributed by atoms with E-state index >= 15 is 0 Å². The highest BCUT2D eigenvalue weighted by Crippen LogP contribution is 2.28. The van der Waals surface area contributed by atoms with Crippen LogP contribution in [0.2, 0.25) is 0 Å². The van der Waals surface area contributed by atoms with Gasteiger partial charge in [0.15, 0.2) is 11.0 Å². The molecule has 140 valence electrons. The van der Waals surface area contributed by atoms with Crippen LogP contribution in [0.4, 0.5) is 4.79 Å². The summed E-state index contributed by atoms with van der Waals surface area (Å²) in [5.41, 5.74) is 2.28. The Kier molecular flexibility index (Phi) is 6.07. The predicted molar refractivity (Wildman–Crippen MR) is 101 cm³/mol. The van der Waals surface area contributed by atoms with Crippen LogP contribution in [0.15, 0.2) is 29.4 Å². The molecular formula is C18H24N4O3S. The van der Waals surface area contributed by atoms with E-state index in [2.05, 4.69) is 53.2 Å². The number of amides is 2. The van der Waals surface area contributed by atoms with Gasteiger partial charge in [-0.2, -0.15) is 0 Å². The van der Waals surface area contributed by atoms with E-state index in [0.29, 0.717) is 11.0 Å². The van der Waals surface area contributed by atoms with Crippen molar-refractivity contribution in [1.29, 1.82) is 0 Å². The molecule has 0 fully saturated rings. The Labute approximate surface area is 157 Å². The van der Waals surface area contributed by atoms with E-state index in [1.165, 1.54) is 24.4 Å². The first-order valence-corrected chi connectivity index (χ1v) is 9.07. The molecule has 1 atom stereocenters. The fourth-order valence-electron chi connectivity index (χ4n) is 2.25. The standard InChI is InChI=1S/C18H24N4O3S/c1-11(15(23)19-17(24)25-6)26-16-21-20-14(22(16)5)12-7-9-13(10-8-12)18(2,3)4/h7-11H,1-6H3,(H,19,23,24)/t11-/m0/s1. The number of rotatable bonds is 4. The molecule has 1 heterocycles. The van der Waals surface area contributed by atoms with E-state index in [1.54, 1.807) is 6.92 Å². The Morgan fingerprint density at radius 2 is 1.81 bits per heavy atom. The molecule has 26 heavy (non-hydrogen) atoms. The smallest absolute Gasteiger partial charge is 0.413 e. The molecule has 0 unspecified atom stereocenters. The molecule has 2 aromatic rings. The van der Waals surface area contributed by atoms with Gasteiger partial charge in [-0.15, -0.1) is 10.2 Å². The van der Waals surface area contributed by atoms with E-state index < -0.39 is 17.3 Å². The number of hydrogen-bond acceptors (Lipinski definition) is 6. The van der Waals surface area contributed by atoms with Gasteiger partial charge in [-0.3, -0.25) is 10.1 Å². The second kappa shape index (κ2) is 7.90. The van der Waals surface area contributed by atoms with Crippen molar-refractivity contribution in [3.05, 3.63) is 29.8 Å². The number of thioether (sulfide) groups is 1. The largest absolute Gasteiger partial charge is 0.453 e. The number of nitrogens with one attached hydrogen (secondary N) is 1. The summed E-state index contributed by atoms with van der Waals surface area (Å²) in [6.07, 6.45) is -0.778. The molecule has 8 heteroatoms. The normalized spacial score (nSPS) is 12.5. The molecule has 0 saturated heterocycles. The molecule has 1 N–H and O–H groups in total. The van der Waals surface area contributed by atoms with E-state index in [-0.39, 0.29) is 5.41 Å². The lowest BCUT2D eigenvalue weighted by atomic mass is 9.87. The first-order valence-electron chi connectivity index (χ1n) is 8.19. The number of aromatic nitrogens is 3. The quantitative estimate of drug-likeness (QED) is 0.825. The molecule has 0 aliphatic carbocycles. The molecule has 0 saturated carbocycles. The highest BCUT2D eigenvalue weighted by molar-refractivity contribution is 8.00. The highest BCUT2D eigenvalue weighted by Gasteiger charge is 2.21. The molecule has 0 aliphatic rings. The van der Waals surface area contributed by atoms with E-state index in [1.807, 2.05) is 23.7 Å². The average molecular weight is 376 g/mol. The van der Waals surface area contributed by atoms with Crippen LogP contribution >= 0.6 is 11.8 Å². The monoisotopic (exact) mass is 376 g/mol. The molecule has 0 spiro atoms. The van der Waals surface area contributed by atoms with Gasteiger partial charge in [0.25, 0.3) is 0 Å². The minimum absolute atomic E-state index is 0.0852. The number of ether oxygens (including phenoxy) is 1. The van der Waals surface area contributed by atoms with Gasteiger partial charge in [-0.1, -0.05) is 56.8 Å². The van der Waals surface area contributed by atoms with Gasteiger partial charge in [0.2, 0.25) is 5.91 Å². The van der Waals surface area contributed by atoms with Crippen LogP contribution in [0.3, 0.4) is 0 Å². The van der Waals surface area contributed by atoms with Crippen LogP contribution in [-0.4, -0.2) is 39.1 Å². The predicted octanol–water partition coefficient (Wildman–Crippen LogP) is 3.14. The van der Waals surface area contributed by atoms with E-state index in [4.69, 9.17) is 0 Å². The van der Waals surface area contributed by atoms with Crippen molar-refractivity contribution in [2.45, 2.75) is 43.5 Å². The molecule has 0 radical (unpaired) electrons. The summed E-state index contributed by atoms with van der Waals surface area (Å²) in [6.45, 7) is 8.19. The number of carbonyl (C=O) groups excluding carboxylic acids is 2. The second-order valence-corrected chi connectivity index (χ2v) is 8.24. The maximum absolute atomic E-state index is 11.9. The zero-order chi connectivity index (χ0) is 19.5.